The molecule has 9 nitrogen and oxygen atoms in total. The maximum atomic E-state index is 13.2. The van der Waals surface area contributed by atoms with E-state index >= 15 is 0 Å². The summed E-state index contributed by atoms with van der Waals surface area (Å²) < 4.78 is 64.3. The molecule has 1 fully saturated rings. The van der Waals surface area contributed by atoms with Crippen molar-refractivity contribution in [2.75, 3.05) is 19.7 Å². The van der Waals surface area contributed by atoms with Crippen molar-refractivity contribution in [2.24, 2.45) is 5.92 Å². The predicted molar refractivity (Wildman–Crippen MR) is 185 cm³/mol. The van der Waals surface area contributed by atoms with Gasteiger partial charge in [0.1, 0.15) is 5.75 Å². The second-order valence-electron chi connectivity index (χ2n) is 12.4. The molecule has 0 bridgehead atoms. The molecule has 252 valence electrons. The second kappa shape index (κ2) is 14.0. The van der Waals surface area contributed by atoms with E-state index in [0.717, 1.165) is 69.7 Å². The summed E-state index contributed by atoms with van der Waals surface area (Å²) in [5, 5.41) is 1.63. The number of sulfonamides is 2. The van der Waals surface area contributed by atoms with Crippen molar-refractivity contribution in [2.45, 2.75) is 76.6 Å². The molecule has 0 radical (unpaired) electrons. The van der Waals surface area contributed by atoms with Gasteiger partial charge in [0.05, 0.1) is 16.4 Å². The molecule has 5 rings (SSSR count). The summed E-state index contributed by atoms with van der Waals surface area (Å²) >= 11 is 6.28. The highest BCUT2D eigenvalue weighted by atomic mass is 35.5. The highest BCUT2D eigenvalue weighted by Gasteiger charge is 2.29. The van der Waals surface area contributed by atoms with Crippen LogP contribution < -0.4 is 9.46 Å². The van der Waals surface area contributed by atoms with E-state index in [1.165, 1.54) is 28.6 Å². The lowest BCUT2D eigenvalue weighted by molar-refractivity contribution is 0.0981. The van der Waals surface area contributed by atoms with E-state index in [0.29, 0.717) is 26.2 Å². The van der Waals surface area contributed by atoms with Gasteiger partial charge in [-0.2, -0.15) is 4.31 Å². The lowest BCUT2D eigenvalue weighted by Crippen LogP contribution is -2.39. The number of halogens is 1. The van der Waals surface area contributed by atoms with Crippen molar-refractivity contribution >= 4 is 48.5 Å². The van der Waals surface area contributed by atoms with Gasteiger partial charge in [0.15, 0.2) is 0 Å². The quantitative estimate of drug-likeness (QED) is 0.173. The van der Waals surface area contributed by atoms with E-state index in [-0.39, 0.29) is 21.3 Å². The minimum atomic E-state index is -4.26. The van der Waals surface area contributed by atoms with Crippen LogP contribution >= 0.6 is 11.6 Å². The van der Waals surface area contributed by atoms with Crippen molar-refractivity contribution in [3.63, 3.8) is 0 Å². The fraction of sp³-hybridized carbons (Fsp3) is 0.400. The van der Waals surface area contributed by atoms with E-state index in [9.17, 15) is 21.6 Å². The van der Waals surface area contributed by atoms with Crippen LogP contribution in [0.3, 0.4) is 0 Å². The molecule has 1 amide bonds. The molecule has 1 aliphatic heterocycles. The molecule has 3 aromatic carbocycles. The first-order valence-corrected chi connectivity index (χ1v) is 19.2. The van der Waals surface area contributed by atoms with Gasteiger partial charge in [0.2, 0.25) is 10.0 Å². The van der Waals surface area contributed by atoms with E-state index < -0.39 is 26.0 Å². The minimum Gasteiger partial charge on any atom is -0.494 e. The van der Waals surface area contributed by atoms with Crippen LogP contribution in [-0.4, -0.2) is 51.3 Å². The van der Waals surface area contributed by atoms with Crippen LogP contribution in [0.4, 0.5) is 0 Å². The molecule has 2 heterocycles. The van der Waals surface area contributed by atoms with Crippen LogP contribution in [0.2, 0.25) is 5.02 Å². The molecule has 0 aliphatic carbocycles. The highest BCUT2D eigenvalue weighted by molar-refractivity contribution is 7.90. The van der Waals surface area contributed by atoms with Crippen LogP contribution in [-0.2, 0) is 33.0 Å². The molecular formula is C35H42ClN3O6S2. The van der Waals surface area contributed by atoms with Crippen molar-refractivity contribution in [3.05, 3.63) is 87.6 Å². The lowest BCUT2D eigenvalue weighted by Gasteiger charge is -2.30. The number of hydrogen-bond acceptors (Lipinski definition) is 6. The summed E-state index contributed by atoms with van der Waals surface area (Å²) in [6.07, 6.45) is 3.26. The normalized spacial score (nSPS) is 16.0. The van der Waals surface area contributed by atoms with E-state index in [2.05, 4.69) is 9.29 Å². The number of rotatable bonds is 11. The summed E-state index contributed by atoms with van der Waals surface area (Å²) in [5.74, 6) is 0.282. The van der Waals surface area contributed by atoms with Gasteiger partial charge in [0, 0.05) is 46.8 Å². The van der Waals surface area contributed by atoms with Crippen molar-refractivity contribution in [1.29, 1.82) is 0 Å². The standard InChI is InChI=1S/C35H42ClN3O6S2/c1-6-31-26(5)39(17-8-18-45-28-19-24(3)34(36)25(4)20-28)33-15-10-27(21-32(31)33)35(40)37-46(41,42)29-11-13-30(14-12-29)47(43,44)38-16-7-9-23(2)22-38/h10-15,19-21,23H,6-9,16-18,22H2,1-5H3,(H,37,40)/t23-/m0/s1. The average molecular weight is 700 g/mol. The number of piperidine rings is 1. The van der Waals surface area contributed by atoms with E-state index in [1.54, 1.807) is 12.1 Å². The number of aryl methyl sites for hydroxylation is 4. The molecule has 1 aliphatic rings. The fourth-order valence-electron chi connectivity index (χ4n) is 6.37. The number of fused-ring (bicyclic) bond motifs is 1. The number of nitrogens with zero attached hydrogens (tertiary/aromatic N) is 2. The van der Waals surface area contributed by atoms with E-state index in [1.807, 2.05) is 52.8 Å². The number of carbonyl (C=O) groups excluding carboxylic acids is 1. The number of benzene rings is 3. The number of carbonyl (C=O) groups is 1. The lowest BCUT2D eigenvalue weighted by atomic mass is 10.0. The Labute approximate surface area is 283 Å². The summed E-state index contributed by atoms with van der Waals surface area (Å²) in [6, 6.07) is 14.1. The van der Waals surface area contributed by atoms with Crippen LogP contribution in [0.25, 0.3) is 10.9 Å². The highest BCUT2D eigenvalue weighted by Crippen LogP contribution is 2.30. The first kappa shape index (κ1) is 34.9. The smallest absolute Gasteiger partial charge is 0.265 e. The number of hydrogen-bond donors (Lipinski definition) is 1. The predicted octanol–water partition coefficient (Wildman–Crippen LogP) is 6.79. The summed E-state index contributed by atoms with van der Waals surface area (Å²) in [4.78, 5) is 13.1. The third-order valence-corrected chi connectivity index (χ3v) is 12.7. The monoisotopic (exact) mass is 699 g/mol. The Kier molecular flexibility index (Phi) is 10.4. The molecular weight excluding hydrogens is 658 g/mol. The summed E-state index contributed by atoms with van der Waals surface area (Å²) in [5.41, 5.74) is 5.28. The van der Waals surface area contributed by atoms with Gasteiger partial charge in [-0.25, -0.2) is 21.6 Å². The maximum Gasteiger partial charge on any atom is 0.265 e. The van der Waals surface area contributed by atoms with Gasteiger partial charge in [-0.3, -0.25) is 4.79 Å². The molecule has 0 saturated carbocycles. The van der Waals surface area contributed by atoms with Crippen molar-refractivity contribution < 1.29 is 26.4 Å². The van der Waals surface area contributed by atoms with Crippen LogP contribution in [0.5, 0.6) is 5.75 Å². The molecule has 4 aromatic rings. The molecule has 1 saturated heterocycles. The zero-order chi connectivity index (χ0) is 34.1. The first-order chi connectivity index (χ1) is 22.2. The third kappa shape index (κ3) is 7.38. The van der Waals surface area contributed by atoms with Crippen molar-refractivity contribution in [1.82, 2.24) is 13.6 Å². The van der Waals surface area contributed by atoms with E-state index in [4.69, 9.17) is 16.3 Å². The van der Waals surface area contributed by atoms with Gasteiger partial charge < -0.3 is 9.30 Å². The molecule has 12 heteroatoms. The number of aromatic nitrogens is 1. The zero-order valence-electron chi connectivity index (χ0n) is 27.5. The SMILES string of the molecule is CCc1c(C)n(CCCOc2cc(C)c(Cl)c(C)c2)c2ccc(C(=O)NS(=O)(=O)c3ccc(S(=O)(=O)N4CCC[C@H](C)C4)cc3)cc12. The Morgan fingerprint density at radius 1 is 0.979 bits per heavy atom. The van der Waals surface area contributed by atoms with Crippen molar-refractivity contribution in [3.8, 4) is 5.75 Å². The topological polar surface area (TPSA) is 115 Å². The summed E-state index contributed by atoms with van der Waals surface area (Å²) in [6.45, 7) is 12.1. The molecule has 47 heavy (non-hydrogen) atoms. The fourth-order valence-corrected chi connectivity index (χ4v) is 9.06. The first-order valence-electron chi connectivity index (χ1n) is 15.9. The van der Waals surface area contributed by atoms with Gasteiger partial charge in [-0.05, 0) is 124 Å². The number of nitrogens with one attached hydrogen (secondary N) is 1. The Hall–Kier alpha value is -3.38. The summed E-state index contributed by atoms with van der Waals surface area (Å²) in [7, 11) is -8.00. The van der Waals surface area contributed by atoms with Gasteiger partial charge in [0.25, 0.3) is 15.9 Å². The molecule has 0 spiro atoms. The molecule has 1 aromatic heterocycles. The van der Waals surface area contributed by atoms with Gasteiger partial charge in [-0.1, -0.05) is 25.4 Å². The Balaban J connectivity index is 1.28. The second-order valence-corrected chi connectivity index (χ2v) is 16.4. The zero-order valence-corrected chi connectivity index (χ0v) is 29.9. The maximum absolute atomic E-state index is 13.2. The number of amides is 1. The molecule has 0 unspecified atom stereocenters. The molecule has 1 atom stereocenters. The average Bonchev–Trinajstić information content (AvgIpc) is 3.30. The van der Waals surface area contributed by atoms with Crippen LogP contribution in [0, 0.1) is 26.7 Å². The van der Waals surface area contributed by atoms with Crippen LogP contribution in [0.15, 0.2) is 64.4 Å². The van der Waals surface area contributed by atoms with Gasteiger partial charge in [-0.15, -0.1) is 0 Å². The Morgan fingerprint density at radius 2 is 1.64 bits per heavy atom. The largest absolute Gasteiger partial charge is 0.494 e. The minimum absolute atomic E-state index is 0.0241. The Morgan fingerprint density at radius 3 is 2.28 bits per heavy atom. The van der Waals surface area contributed by atoms with Crippen LogP contribution in [0.1, 0.15) is 65.9 Å². The number of ether oxygens (including phenoxy) is 1. The molecule has 1 N–H and O–H groups in total. The Bertz CT molecular complexity index is 2000. The third-order valence-electron chi connectivity index (χ3n) is 8.89. The van der Waals surface area contributed by atoms with Gasteiger partial charge >= 0.3 is 0 Å².